The van der Waals surface area contributed by atoms with Crippen molar-refractivity contribution in [3.63, 3.8) is 0 Å². The monoisotopic (exact) mass is 252 g/mol. The van der Waals surface area contributed by atoms with E-state index < -0.39 is 4.92 Å². The number of esters is 1. The lowest BCUT2D eigenvalue weighted by Crippen LogP contribution is -2.29. The first kappa shape index (κ1) is 14.0. The van der Waals surface area contributed by atoms with Gasteiger partial charge in [-0.25, -0.2) is 0 Å². The Hall–Kier alpha value is -2.11. The summed E-state index contributed by atoms with van der Waals surface area (Å²) in [6.07, 6.45) is 0. The summed E-state index contributed by atoms with van der Waals surface area (Å²) in [5, 5.41) is 10.9. The molecule has 0 bridgehead atoms. The molecule has 0 aromatic heterocycles. The summed E-state index contributed by atoms with van der Waals surface area (Å²) in [6, 6.07) is 6.43. The molecule has 0 spiro atoms. The van der Waals surface area contributed by atoms with Gasteiger partial charge >= 0.3 is 5.97 Å². The Bertz CT molecular complexity index is 447. The molecule has 1 rings (SSSR count). The van der Waals surface area contributed by atoms with E-state index in [1.807, 2.05) is 0 Å². The van der Waals surface area contributed by atoms with E-state index in [0.717, 1.165) is 0 Å². The molecule has 98 valence electrons. The molecule has 0 aliphatic carbocycles. The molecule has 0 fully saturated rings. The lowest BCUT2D eigenvalue weighted by molar-refractivity contribution is -0.384. The second-order valence-corrected chi connectivity index (χ2v) is 4.05. The molecule has 0 aliphatic heterocycles. The molecule has 1 aromatic carbocycles. The number of hydrogen-bond donors (Lipinski definition) is 0. The van der Waals surface area contributed by atoms with Gasteiger partial charge in [-0.05, 0) is 6.07 Å². The number of nitro groups is 1. The van der Waals surface area contributed by atoms with Crippen LogP contribution in [-0.2, 0) is 9.53 Å². The number of ether oxygens (including phenoxy) is 1. The number of carbonyl (C=O) groups excluding carboxylic acids is 1. The summed E-state index contributed by atoms with van der Waals surface area (Å²) in [5.41, 5.74) is 0.510. The topological polar surface area (TPSA) is 72.7 Å². The fourth-order valence-corrected chi connectivity index (χ4v) is 1.73. The standard InChI is InChI=1S/C12H16N2O4/c1-9(12(15)18-3)8-13(2)10-6-4-5-7-11(10)14(16)17/h4-7,9H,8H2,1-3H3. The molecule has 1 unspecified atom stereocenters. The van der Waals surface area contributed by atoms with Crippen LogP contribution in [-0.4, -0.2) is 31.6 Å². The second-order valence-electron chi connectivity index (χ2n) is 4.05. The van der Waals surface area contributed by atoms with Gasteiger partial charge in [0.25, 0.3) is 5.69 Å². The Balaban J connectivity index is 2.87. The van der Waals surface area contributed by atoms with Crippen LogP contribution in [0.4, 0.5) is 11.4 Å². The predicted octanol–water partition coefficient (Wildman–Crippen LogP) is 1.84. The number of methoxy groups -OCH3 is 1. The Morgan fingerprint density at radius 2 is 2.11 bits per heavy atom. The van der Waals surface area contributed by atoms with E-state index in [1.54, 1.807) is 37.1 Å². The highest BCUT2D eigenvalue weighted by Gasteiger charge is 2.20. The minimum Gasteiger partial charge on any atom is -0.469 e. The van der Waals surface area contributed by atoms with Crippen LogP contribution < -0.4 is 4.90 Å². The Morgan fingerprint density at radius 3 is 2.67 bits per heavy atom. The first-order valence-corrected chi connectivity index (χ1v) is 5.49. The van der Waals surface area contributed by atoms with E-state index in [2.05, 4.69) is 4.74 Å². The summed E-state index contributed by atoms with van der Waals surface area (Å²) >= 11 is 0. The van der Waals surface area contributed by atoms with Crippen molar-refractivity contribution in [2.45, 2.75) is 6.92 Å². The van der Waals surface area contributed by atoms with Crippen LogP contribution >= 0.6 is 0 Å². The minimum absolute atomic E-state index is 0.0251. The molecule has 1 aromatic rings. The highest BCUT2D eigenvalue weighted by Crippen LogP contribution is 2.27. The van der Waals surface area contributed by atoms with Gasteiger partial charge in [0.1, 0.15) is 5.69 Å². The maximum atomic E-state index is 11.3. The van der Waals surface area contributed by atoms with Gasteiger partial charge in [-0.3, -0.25) is 14.9 Å². The van der Waals surface area contributed by atoms with Gasteiger partial charge in [-0.2, -0.15) is 0 Å². The van der Waals surface area contributed by atoms with Crippen molar-refractivity contribution in [2.75, 3.05) is 25.6 Å². The molecular formula is C12H16N2O4. The number of para-hydroxylation sites is 2. The van der Waals surface area contributed by atoms with Crippen LogP contribution in [0.15, 0.2) is 24.3 Å². The Morgan fingerprint density at radius 1 is 1.50 bits per heavy atom. The van der Waals surface area contributed by atoms with Crippen LogP contribution in [0.1, 0.15) is 6.92 Å². The van der Waals surface area contributed by atoms with Crippen LogP contribution in [0.2, 0.25) is 0 Å². The third kappa shape index (κ3) is 3.19. The molecule has 18 heavy (non-hydrogen) atoms. The van der Waals surface area contributed by atoms with Crippen LogP contribution in [0, 0.1) is 16.0 Å². The van der Waals surface area contributed by atoms with Crippen molar-refractivity contribution >= 4 is 17.3 Å². The fourth-order valence-electron chi connectivity index (χ4n) is 1.73. The van der Waals surface area contributed by atoms with E-state index in [4.69, 9.17) is 0 Å². The van der Waals surface area contributed by atoms with E-state index in [9.17, 15) is 14.9 Å². The molecule has 6 nitrogen and oxygen atoms in total. The van der Waals surface area contributed by atoms with E-state index >= 15 is 0 Å². The average Bonchev–Trinajstić information content (AvgIpc) is 2.37. The van der Waals surface area contributed by atoms with Crippen molar-refractivity contribution in [3.05, 3.63) is 34.4 Å². The number of hydrogen-bond acceptors (Lipinski definition) is 5. The maximum Gasteiger partial charge on any atom is 0.310 e. The van der Waals surface area contributed by atoms with Crippen molar-refractivity contribution in [1.82, 2.24) is 0 Å². The minimum atomic E-state index is -0.436. The van der Waals surface area contributed by atoms with Gasteiger partial charge in [-0.15, -0.1) is 0 Å². The summed E-state index contributed by atoms with van der Waals surface area (Å²) < 4.78 is 4.63. The quantitative estimate of drug-likeness (QED) is 0.454. The van der Waals surface area contributed by atoms with E-state index in [0.29, 0.717) is 12.2 Å². The third-order valence-corrected chi connectivity index (χ3v) is 2.64. The molecule has 0 aliphatic rings. The predicted molar refractivity (Wildman–Crippen MR) is 67.5 cm³/mol. The summed E-state index contributed by atoms with van der Waals surface area (Å²) in [6.45, 7) is 2.08. The van der Waals surface area contributed by atoms with Gasteiger partial charge in [0.2, 0.25) is 0 Å². The summed E-state index contributed by atoms with van der Waals surface area (Å²) in [7, 11) is 3.03. The number of anilines is 1. The number of carbonyl (C=O) groups is 1. The zero-order chi connectivity index (χ0) is 13.7. The number of rotatable bonds is 5. The van der Waals surface area contributed by atoms with E-state index in [1.165, 1.54) is 13.2 Å². The lowest BCUT2D eigenvalue weighted by Gasteiger charge is -2.21. The average molecular weight is 252 g/mol. The van der Waals surface area contributed by atoms with Crippen molar-refractivity contribution < 1.29 is 14.5 Å². The molecule has 0 N–H and O–H groups in total. The number of nitrogens with zero attached hydrogens (tertiary/aromatic N) is 2. The van der Waals surface area contributed by atoms with Gasteiger partial charge in [-0.1, -0.05) is 19.1 Å². The molecular weight excluding hydrogens is 236 g/mol. The Labute approximate surface area is 105 Å². The van der Waals surface area contributed by atoms with Crippen molar-refractivity contribution in [3.8, 4) is 0 Å². The smallest absolute Gasteiger partial charge is 0.310 e. The zero-order valence-electron chi connectivity index (χ0n) is 10.6. The molecule has 6 heteroatoms. The Kier molecular flexibility index (Phi) is 4.65. The van der Waals surface area contributed by atoms with Crippen LogP contribution in [0.25, 0.3) is 0 Å². The zero-order valence-corrected chi connectivity index (χ0v) is 10.6. The molecule has 0 heterocycles. The maximum absolute atomic E-state index is 11.3. The van der Waals surface area contributed by atoms with Crippen LogP contribution in [0.3, 0.4) is 0 Å². The first-order chi connectivity index (χ1) is 8.47. The highest BCUT2D eigenvalue weighted by molar-refractivity contribution is 5.73. The molecule has 0 saturated heterocycles. The van der Waals surface area contributed by atoms with Gasteiger partial charge in [0.15, 0.2) is 0 Å². The number of benzene rings is 1. The lowest BCUT2D eigenvalue weighted by atomic mass is 10.1. The fraction of sp³-hybridized carbons (Fsp3) is 0.417. The summed E-state index contributed by atoms with van der Waals surface area (Å²) in [4.78, 5) is 23.4. The van der Waals surface area contributed by atoms with E-state index in [-0.39, 0.29) is 17.6 Å². The molecule has 1 atom stereocenters. The first-order valence-electron chi connectivity index (χ1n) is 5.49. The summed E-state index contributed by atoms with van der Waals surface area (Å²) in [5.74, 6) is -0.680. The molecule has 0 saturated carbocycles. The van der Waals surface area contributed by atoms with Crippen LogP contribution in [0.5, 0.6) is 0 Å². The normalized spacial score (nSPS) is 11.7. The number of nitro benzene ring substituents is 1. The van der Waals surface area contributed by atoms with Gasteiger partial charge in [0, 0.05) is 19.7 Å². The van der Waals surface area contributed by atoms with Gasteiger partial charge < -0.3 is 9.64 Å². The highest BCUT2D eigenvalue weighted by atomic mass is 16.6. The second kappa shape index (κ2) is 6.00. The largest absolute Gasteiger partial charge is 0.469 e. The molecule has 0 amide bonds. The molecule has 0 radical (unpaired) electrons. The third-order valence-electron chi connectivity index (χ3n) is 2.64. The van der Waals surface area contributed by atoms with Crippen molar-refractivity contribution in [2.24, 2.45) is 5.92 Å². The van der Waals surface area contributed by atoms with Gasteiger partial charge in [0.05, 0.1) is 18.0 Å². The van der Waals surface area contributed by atoms with Crippen molar-refractivity contribution in [1.29, 1.82) is 0 Å². The SMILES string of the molecule is COC(=O)C(C)CN(C)c1ccccc1[N+](=O)[O-].